The highest BCUT2D eigenvalue weighted by Gasteiger charge is 2.45. The predicted molar refractivity (Wildman–Crippen MR) is 124 cm³/mol. The highest BCUT2D eigenvalue weighted by Crippen LogP contribution is 2.55. The number of nitrogens with one attached hydrogen (secondary N) is 1. The first-order chi connectivity index (χ1) is 15.7. The van der Waals surface area contributed by atoms with Crippen LogP contribution in [0.25, 0.3) is 0 Å². The van der Waals surface area contributed by atoms with Gasteiger partial charge in [0.2, 0.25) is 0 Å². The van der Waals surface area contributed by atoms with Gasteiger partial charge in [-0.05, 0) is 63.5 Å². The van der Waals surface area contributed by atoms with Crippen LogP contribution >= 0.6 is 0 Å². The number of Topliss-reactive ketones (excluding diaryl/α,β-unsaturated/α-hetero) is 1. The molecule has 1 aliphatic heterocycles. The summed E-state index contributed by atoms with van der Waals surface area (Å²) in [6.45, 7) is 1.27. The fraction of sp³-hybridized carbons (Fsp3) is 0.417. The van der Waals surface area contributed by atoms with Crippen molar-refractivity contribution < 1.29 is 27.9 Å². The van der Waals surface area contributed by atoms with E-state index in [1.165, 1.54) is 18.2 Å². The van der Waals surface area contributed by atoms with Crippen molar-refractivity contribution in [3.05, 3.63) is 53.1 Å². The lowest BCUT2D eigenvalue weighted by molar-refractivity contribution is 0.0692. The van der Waals surface area contributed by atoms with Crippen molar-refractivity contribution in [3.8, 4) is 5.75 Å². The Balaban J connectivity index is 1.60. The maximum atomic E-state index is 13.3. The standard InChI is InChI=1S/C24H28N2O6S/c1-26(2)12-6-5-8-20(27)17-7-3-4-9-21(17)33(30,31)25-19-11-10-16-18-13-15(18)14-32-23(16)22(19)24(28)29/h3-4,7,9-11,15,18,25H,5-6,8,12-14H2,1-2H3,(H,28,29). The Labute approximate surface area is 193 Å². The third-order valence-electron chi connectivity index (χ3n) is 6.15. The van der Waals surface area contributed by atoms with E-state index in [9.17, 15) is 23.1 Å². The second kappa shape index (κ2) is 9.15. The smallest absolute Gasteiger partial charge is 0.341 e. The molecule has 2 unspecified atom stereocenters. The number of fused-ring (bicyclic) bond motifs is 3. The largest absolute Gasteiger partial charge is 0.492 e. The molecule has 1 aliphatic carbocycles. The van der Waals surface area contributed by atoms with Crippen LogP contribution < -0.4 is 9.46 Å². The van der Waals surface area contributed by atoms with E-state index in [1.54, 1.807) is 18.2 Å². The first kappa shape index (κ1) is 23.3. The fourth-order valence-corrected chi connectivity index (χ4v) is 5.62. The average Bonchev–Trinajstić information content (AvgIpc) is 3.56. The van der Waals surface area contributed by atoms with Gasteiger partial charge in [0.1, 0.15) is 11.3 Å². The number of rotatable bonds is 10. The Morgan fingerprint density at radius 1 is 1.15 bits per heavy atom. The average molecular weight is 473 g/mol. The molecule has 2 aromatic rings. The van der Waals surface area contributed by atoms with Crippen molar-refractivity contribution in [1.82, 2.24) is 4.90 Å². The van der Waals surface area contributed by atoms with Gasteiger partial charge in [0.15, 0.2) is 5.78 Å². The number of carboxylic acid groups (broad SMARTS) is 1. The minimum Gasteiger partial charge on any atom is -0.492 e. The number of anilines is 1. The van der Waals surface area contributed by atoms with Crippen LogP contribution in [0.1, 0.15) is 57.9 Å². The molecule has 2 aliphatic rings. The first-order valence-corrected chi connectivity index (χ1v) is 12.5. The van der Waals surface area contributed by atoms with Crippen molar-refractivity contribution in [3.63, 3.8) is 0 Å². The highest BCUT2D eigenvalue weighted by atomic mass is 32.2. The van der Waals surface area contributed by atoms with Crippen molar-refractivity contribution >= 4 is 27.5 Å². The number of hydrogen-bond acceptors (Lipinski definition) is 6. The van der Waals surface area contributed by atoms with Gasteiger partial charge in [-0.25, -0.2) is 13.2 Å². The molecular weight excluding hydrogens is 444 g/mol. The molecule has 2 atom stereocenters. The first-order valence-electron chi connectivity index (χ1n) is 11.0. The maximum absolute atomic E-state index is 13.3. The number of ether oxygens (including phenoxy) is 1. The molecule has 33 heavy (non-hydrogen) atoms. The van der Waals surface area contributed by atoms with Crippen LogP contribution in [0, 0.1) is 5.92 Å². The predicted octanol–water partition coefficient (Wildman–Crippen LogP) is 3.60. The molecule has 2 aromatic carbocycles. The van der Waals surface area contributed by atoms with Gasteiger partial charge in [0, 0.05) is 17.9 Å². The van der Waals surface area contributed by atoms with Crippen LogP contribution in [0.4, 0.5) is 5.69 Å². The van der Waals surface area contributed by atoms with Crippen LogP contribution in [-0.2, 0) is 10.0 Å². The van der Waals surface area contributed by atoms with Gasteiger partial charge < -0.3 is 14.7 Å². The molecule has 0 amide bonds. The van der Waals surface area contributed by atoms with Gasteiger partial charge in [-0.15, -0.1) is 0 Å². The SMILES string of the molecule is CN(C)CCCCC(=O)c1ccccc1S(=O)(=O)Nc1ccc2c(c1C(=O)O)OCC1CC21. The molecule has 0 spiro atoms. The number of carbonyl (C=O) groups is 2. The molecule has 8 nitrogen and oxygen atoms in total. The fourth-order valence-electron chi connectivity index (χ4n) is 4.33. The van der Waals surface area contributed by atoms with Crippen LogP contribution in [0.5, 0.6) is 5.75 Å². The second-order valence-corrected chi connectivity index (χ2v) is 10.6. The second-order valence-electron chi connectivity index (χ2n) is 8.91. The molecule has 0 radical (unpaired) electrons. The normalized spacial score (nSPS) is 18.8. The lowest BCUT2D eigenvalue weighted by Gasteiger charge is -2.21. The number of unbranched alkanes of at least 4 members (excludes halogenated alkanes) is 1. The van der Waals surface area contributed by atoms with E-state index in [-0.39, 0.29) is 45.6 Å². The Kier molecular flexibility index (Phi) is 6.45. The van der Waals surface area contributed by atoms with E-state index < -0.39 is 16.0 Å². The number of ketones is 1. The van der Waals surface area contributed by atoms with E-state index in [0.29, 0.717) is 18.9 Å². The Morgan fingerprint density at radius 2 is 1.91 bits per heavy atom. The summed E-state index contributed by atoms with van der Waals surface area (Å²) >= 11 is 0. The van der Waals surface area contributed by atoms with Crippen LogP contribution in [0.2, 0.25) is 0 Å². The van der Waals surface area contributed by atoms with Gasteiger partial charge in [-0.3, -0.25) is 9.52 Å². The highest BCUT2D eigenvalue weighted by molar-refractivity contribution is 7.92. The Hall–Kier alpha value is -2.91. The molecular formula is C24H28N2O6S. The topological polar surface area (TPSA) is 113 Å². The van der Waals surface area contributed by atoms with Gasteiger partial charge in [-0.1, -0.05) is 24.3 Å². The lowest BCUT2D eigenvalue weighted by atomic mass is 10.0. The number of benzene rings is 2. The monoisotopic (exact) mass is 472 g/mol. The molecule has 4 rings (SSSR count). The van der Waals surface area contributed by atoms with Crippen LogP contribution in [-0.4, -0.2) is 57.4 Å². The Bertz CT molecular complexity index is 1190. The number of carboxylic acids is 1. The zero-order valence-corrected chi connectivity index (χ0v) is 19.5. The summed E-state index contributed by atoms with van der Waals surface area (Å²) in [5, 5.41) is 9.82. The number of sulfonamides is 1. The van der Waals surface area contributed by atoms with Crippen LogP contribution in [0.15, 0.2) is 41.3 Å². The number of aromatic carboxylic acids is 1. The third kappa shape index (κ3) is 4.89. The summed E-state index contributed by atoms with van der Waals surface area (Å²) in [7, 11) is -0.309. The summed E-state index contributed by atoms with van der Waals surface area (Å²) in [5.41, 5.74) is 0.629. The number of hydrogen-bond donors (Lipinski definition) is 2. The van der Waals surface area contributed by atoms with Crippen molar-refractivity contribution in [2.75, 3.05) is 32.0 Å². The molecule has 2 N–H and O–H groups in total. The van der Waals surface area contributed by atoms with Gasteiger partial charge in [0.25, 0.3) is 10.0 Å². The molecule has 0 saturated heterocycles. The zero-order chi connectivity index (χ0) is 23.8. The summed E-state index contributed by atoms with van der Waals surface area (Å²) in [6, 6.07) is 9.21. The van der Waals surface area contributed by atoms with Crippen molar-refractivity contribution in [1.29, 1.82) is 0 Å². The van der Waals surface area contributed by atoms with Gasteiger partial charge >= 0.3 is 5.97 Å². The quantitative estimate of drug-likeness (QED) is 0.401. The van der Waals surface area contributed by atoms with E-state index in [0.717, 1.165) is 24.9 Å². The lowest BCUT2D eigenvalue weighted by Crippen LogP contribution is -2.20. The molecule has 176 valence electrons. The summed E-state index contributed by atoms with van der Waals surface area (Å²) in [4.78, 5) is 26.7. The summed E-state index contributed by atoms with van der Waals surface area (Å²) < 4.78 is 34.6. The van der Waals surface area contributed by atoms with Gasteiger partial charge in [0.05, 0.1) is 17.2 Å². The van der Waals surface area contributed by atoms with E-state index >= 15 is 0 Å². The minimum absolute atomic E-state index is 0.0754. The van der Waals surface area contributed by atoms with E-state index in [4.69, 9.17) is 4.74 Å². The molecule has 1 heterocycles. The number of nitrogens with zero attached hydrogens (tertiary/aromatic N) is 1. The van der Waals surface area contributed by atoms with E-state index in [1.807, 2.05) is 19.0 Å². The summed E-state index contributed by atoms with van der Waals surface area (Å²) in [5.74, 6) is -0.636. The zero-order valence-electron chi connectivity index (χ0n) is 18.7. The third-order valence-corrected chi connectivity index (χ3v) is 7.57. The molecule has 0 bridgehead atoms. The molecule has 9 heteroatoms. The maximum Gasteiger partial charge on any atom is 0.341 e. The van der Waals surface area contributed by atoms with Crippen molar-refractivity contribution in [2.45, 2.75) is 36.5 Å². The van der Waals surface area contributed by atoms with Crippen LogP contribution in [0.3, 0.4) is 0 Å². The minimum atomic E-state index is -4.22. The van der Waals surface area contributed by atoms with Crippen molar-refractivity contribution in [2.24, 2.45) is 5.92 Å². The summed E-state index contributed by atoms with van der Waals surface area (Å²) in [6.07, 6.45) is 2.65. The Morgan fingerprint density at radius 3 is 2.64 bits per heavy atom. The molecule has 1 fully saturated rings. The molecule has 1 saturated carbocycles. The number of carbonyl (C=O) groups excluding carboxylic acids is 1. The van der Waals surface area contributed by atoms with E-state index in [2.05, 4.69) is 4.72 Å². The van der Waals surface area contributed by atoms with Gasteiger partial charge in [-0.2, -0.15) is 0 Å². The molecule has 0 aromatic heterocycles.